The fourth-order valence-electron chi connectivity index (χ4n) is 2.17. The van der Waals surface area contributed by atoms with Crippen LogP contribution in [0.15, 0.2) is 24.4 Å². The highest BCUT2D eigenvalue weighted by molar-refractivity contribution is 5.08. The van der Waals surface area contributed by atoms with Gasteiger partial charge in [0.05, 0.1) is 11.8 Å². The first-order chi connectivity index (χ1) is 7.27. The Morgan fingerprint density at radius 1 is 1.47 bits per heavy atom. The molecular weight excluding hydrogens is 188 g/mol. The summed E-state index contributed by atoms with van der Waals surface area (Å²) < 4.78 is 0. The fraction of sp³-hybridized carbons (Fsp3) is 0.583. The van der Waals surface area contributed by atoms with Gasteiger partial charge in [-0.1, -0.05) is 6.07 Å². The summed E-state index contributed by atoms with van der Waals surface area (Å²) in [7, 11) is 0. The normalized spacial score (nSPS) is 27.9. The van der Waals surface area contributed by atoms with E-state index in [0.29, 0.717) is 0 Å². The van der Waals surface area contributed by atoms with Crippen LogP contribution in [-0.2, 0) is 0 Å². The van der Waals surface area contributed by atoms with Gasteiger partial charge in [0.2, 0.25) is 0 Å². The maximum absolute atomic E-state index is 9.70. The SMILES string of the molecule is C[C@H](N[C@H]1CCC[C@@H]1O)c1ccccn1. The number of nitrogens with one attached hydrogen (secondary N) is 1. The van der Waals surface area contributed by atoms with E-state index < -0.39 is 0 Å². The van der Waals surface area contributed by atoms with Gasteiger partial charge in [-0.05, 0) is 38.3 Å². The lowest BCUT2D eigenvalue weighted by Gasteiger charge is -2.21. The van der Waals surface area contributed by atoms with Crippen LogP contribution in [0.2, 0.25) is 0 Å². The van der Waals surface area contributed by atoms with Gasteiger partial charge in [-0.15, -0.1) is 0 Å². The third kappa shape index (κ3) is 2.55. The van der Waals surface area contributed by atoms with E-state index >= 15 is 0 Å². The van der Waals surface area contributed by atoms with Crippen molar-refractivity contribution in [1.82, 2.24) is 10.3 Å². The summed E-state index contributed by atoms with van der Waals surface area (Å²) in [5.74, 6) is 0. The first-order valence-electron chi connectivity index (χ1n) is 5.62. The van der Waals surface area contributed by atoms with E-state index in [9.17, 15) is 5.11 Å². The molecule has 1 heterocycles. The smallest absolute Gasteiger partial charge is 0.0693 e. The lowest BCUT2D eigenvalue weighted by Crippen LogP contribution is -2.37. The molecule has 3 atom stereocenters. The number of hydrogen-bond acceptors (Lipinski definition) is 3. The Hall–Kier alpha value is -0.930. The summed E-state index contributed by atoms with van der Waals surface area (Å²) >= 11 is 0. The van der Waals surface area contributed by atoms with Crippen LogP contribution in [0.5, 0.6) is 0 Å². The van der Waals surface area contributed by atoms with E-state index in [1.165, 1.54) is 0 Å². The van der Waals surface area contributed by atoms with Gasteiger partial charge in [0, 0.05) is 18.3 Å². The van der Waals surface area contributed by atoms with Crippen molar-refractivity contribution >= 4 is 0 Å². The first kappa shape index (κ1) is 10.6. The first-order valence-corrected chi connectivity index (χ1v) is 5.62. The largest absolute Gasteiger partial charge is 0.392 e. The molecule has 0 amide bonds. The zero-order valence-electron chi connectivity index (χ0n) is 9.06. The summed E-state index contributed by atoms with van der Waals surface area (Å²) in [6.45, 7) is 2.09. The van der Waals surface area contributed by atoms with Crippen LogP contribution in [-0.4, -0.2) is 22.2 Å². The van der Waals surface area contributed by atoms with Crippen molar-refractivity contribution in [2.24, 2.45) is 0 Å². The van der Waals surface area contributed by atoms with E-state index in [-0.39, 0.29) is 18.2 Å². The van der Waals surface area contributed by atoms with Crippen LogP contribution in [0.4, 0.5) is 0 Å². The van der Waals surface area contributed by atoms with Crippen LogP contribution in [0.25, 0.3) is 0 Å². The Balaban J connectivity index is 1.95. The molecule has 1 saturated carbocycles. The number of rotatable bonds is 3. The van der Waals surface area contributed by atoms with Gasteiger partial charge >= 0.3 is 0 Å². The van der Waals surface area contributed by atoms with Crippen molar-refractivity contribution in [1.29, 1.82) is 0 Å². The molecule has 0 aliphatic heterocycles. The number of aliphatic hydroxyl groups excluding tert-OH is 1. The van der Waals surface area contributed by atoms with E-state index in [0.717, 1.165) is 25.0 Å². The molecule has 1 fully saturated rings. The molecule has 0 saturated heterocycles. The molecule has 2 rings (SSSR count). The highest BCUT2D eigenvalue weighted by atomic mass is 16.3. The maximum Gasteiger partial charge on any atom is 0.0693 e. The number of pyridine rings is 1. The molecular formula is C12H18N2O. The van der Waals surface area contributed by atoms with Crippen LogP contribution in [0, 0.1) is 0 Å². The minimum atomic E-state index is -0.184. The molecule has 1 aliphatic carbocycles. The van der Waals surface area contributed by atoms with E-state index in [4.69, 9.17) is 0 Å². The van der Waals surface area contributed by atoms with Gasteiger partial charge in [0.15, 0.2) is 0 Å². The molecule has 1 aromatic heterocycles. The number of aromatic nitrogens is 1. The number of nitrogens with zero attached hydrogens (tertiary/aromatic N) is 1. The Morgan fingerprint density at radius 3 is 2.93 bits per heavy atom. The van der Waals surface area contributed by atoms with Crippen LogP contribution in [0.1, 0.15) is 37.9 Å². The maximum atomic E-state index is 9.70. The average Bonchev–Trinajstić information content (AvgIpc) is 2.66. The van der Waals surface area contributed by atoms with E-state index in [2.05, 4.69) is 17.2 Å². The molecule has 3 nitrogen and oxygen atoms in total. The van der Waals surface area contributed by atoms with Crippen molar-refractivity contribution in [3.05, 3.63) is 30.1 Å². The van der Waals surface area contributed by atoms with Gasteiger partial charge < -0.3 is 10.4 Å². The highest BCUT2D eigenvalue weighted by Crippen LogP contribution is 2.21. The summed E-state index contributed by atoms with van der Waals surface area (Å²) in [5.41, 5.74) is 1.04. The molecule has 0 aromatic carbocycles. The second kappa shape index (κ2) is 4.73. The highest BCUT2D eigenvalue weighted by Gasteiger charge is 2.26. The quantitative estimate of drug-likeness (QED) is 0.790. The Bertz CT molecular complexity index is 302. The van der Waals surface area contributed by atoms with Gasteiger partial charge in [0.25, 0.3) is 0 Å². The predicted octanol–water partition coefficient (Wildman–Crippen LogP) is 1.65. The minimum Gasteiger partial charge on any atom is -0.392 e. The zero-order chi connectivity index (χ0) is 10.7. The summed E-state index contributed by atoms with van der Waals surface area (Å²) in [6, 6.07) is 6.37. The average molecular weight is 206 g/mol. The number of aliphatic hydroxyl groups is 1. The topological polar surface area (TPSA) is 45.1 Å². The van der Waals surface area contributed by atoms with Gasteiger partial charge in [0.1, 0.15) is 0 Å². The van der Waals surface area contributed by atoms with Gasteiger partial charge in [-0.25, -0.2) is 0 Å². The third-order valence-corrected chi connectivity index (χ3v) is 3.07. The minimum absolute atomic E-state index is 0.184. The van der Waals surface area contributed by atoms with Crippen molar-refractivity contribution in [2.75, 3.05) is 0 Å². The standard InChI is InChI=1S/C12H18N2O/c1-9(10-5-2-3-8-13-10)14-11-6-4-7-12(11)15/h2-3,5,8-9,11-12,14-15H,4,6-7H2,1H3/t9-,11-,12-/m0/s1. The Morgan fingerprint density at radius 2 is 2.33 bits per heavy atom. The summed E-state index contributed by atoms with van der Waals surface area (Å²) in [5, 5.41) is 13.1. The monoisotopic (exact) mass is 206 g/mol. The molecule has 0 bridgehead atoms. The van der Waals surface area contributed by atoms with Crippen molar-refractivity contribution in [2.45, 2.75) is 44.4 Å². The summed E-state index contributed by atoms with van der Waals surface area (Å²) in [6.07, 6.45) is 4.73. The molecule has 1 aliphatic rings. The van der Waals surface area contributed by atoms with Crippen molar-refractivity contribution in [3.8, 4) is 0 Å². The fourth-order valence-corrected chi connectivity index (χ4v) is 2.17. The van der Waals surface area contributed by atoms with Crippen LogP contribution >= 0.6 is 0 Å². The second-order valence-corrected chi connectivity index (χ2v) is 4.25. The predicted molar refractivity (Wildman–Crippen MR) is 59.4 cm³/mol. The molecule has 0 unspecified atom stereocenters. The molecule has 0 radical (unpaired) electrons. The van der Waals surface area contributed by atoms with E-state index in [1.54, 1.807) is 6.20 Å². The van der Waals surface area contributed by atoms with Crippen molar-refractivity contribution < 1.29 is 5.11 Å². The molecule has 3 heteroatoms. The lowest BCUT2D eigenvalue weighted by molar-refractivity contribution is 0.143. The van der Waals surface area contributed by atoms with Crippen LogP contribution < -0.4 is 5.32 Å². The Labute approximate surface area is 90.5 Å². The van der Waals surface area contributed by atoms with E-state index in [1.807, 2.05) is 18.2 Å². The molecule has 0 spiro atoms. The summed E-state index contributed by atoms with van der Waals surface area (Å²) in [4.78, 5) is 4.30. The number of hydrogen-bond donors (Lipinski definition) is 2. The zero-order valence-corrected chi connectivity index (χ0v) is 9.06. The molecule has 15 heavy (non-hydrogen) atoms. The van der Waals surface area contributed by atoms with Gasteiger partial charge in [-0.3, -0.25) is 4.98 Å². The van der Waals surface area contributed by atoms with Crippen LogP contribution in [0.3, 0.4) is 0 Å². The molecule has 2 N–H and O–H groups in total. The molecule has 82 valence electrons. The van der Waals surface area contributed by atoms with Crippen molar-refractivity contribution in [3.63, 3.8) is 0 Å². The van der Waals surface area contributed by atoms with Gasteiger partial charge in [-0.2, -0.15) is 0 Å². The molecule has 1 aromatic rings. The third-order valence-electron chi connectivity index (χ3n) is 3.07. The lowest BCUT2D eigenvalue weighted by atomic mass is 10.1. The second-order valence-electron chi connectivity index (χ2n) is 4.25. The Kier molecular flexibility index (Phi) is 3.34.